The fourth-order valence-electron chi connectivity index (χ4n) is 3.02. The minimum atomic E-state index is 0.547. The molecule has 0 spiro atoms. The molecule has 0 N–H and O–H groups in total. The number of hydrogen-bond acceptors (Lipinski definition) is 3. The molecule has 0 saturated heterocycles. The molecule has 27 heavy (non-hydrogen) atoms. The summed E-state index contributed by atoms with van der Waals surface area (Å²) in [6.07, 6.45) is 6.60. The number of isothiocyanates is 1. The number of aliphatic imine (C=N–C) groups is 1. The Morgan fingerprint density at radius 3 is 2.19 bits per heavy atom. The first kappa shape index (κ1) is 19.4. The van der Waals surface area contributed by atoms with Crippen LogP contribution in [0.3, 0.4) is 0 Å². The minimum absolute atomic E-state index is 0.547. The zero-order valence-electron chi connectivity index (χ0n) is 15.3. The zero-order valence-corrected chi connectivity index (χ0v) is 16.9. The van der Waals surface area contributed by atoms with Gasteiger partial charge < -0.3 is 0 Å². The predicted octanol–water partition coefficient (Wildman–Crippen LogP) is 7.54. The Bertz CT molecular complexity index is 943. The summed E-state index contributed by atoms with van der Waals surface area (Å²) < 4.78 is 0. The maximum Gasteiger partial charge on any atom is 0.0937 e. The minimum Gasteiger partial charge on any atom is -0.252 e. The third-order valence-electron chi connectivity index (χ3n) is 4.52. The molecule has 0 fully saturated rings. The van der Waals surface area contributed by atoms with Crippen LogP contribution in [0.1, 0.15) is 31.7 Å². The van der Waals surface area contributed by atoms with E-state index in [1.807, 2.05) is 12.1 Å². The smallest absolute Gasteiger partial charge is 0.0937 e. The van der Waals surface area contributed by atoms with Crippen molar-refractivity contribution in [3.05, 3.63) is 71.4 Å². The summed E-state index contributed by atoms with van der Waals surface area (Å²) in [6, 6.07) is 18.9. The first-order valence-corrected chi connectivity index (χ1v) is 9.93. The lowest BCUT2D eigenvalue weighted by Crippen LogP contribution is -1.87. The molecule has 1 heterocycles. The molecule has 0 bridgehead atoms. The van der Waals surface area contributed by atoms with Crippen molar-refractivity contribution in [2.45, 2.75) is 32.6 Å². The van der Waals surface area contributed by atoms with Gasteiger partial charge in [0.1, 0.15) is 0 Å². The summed E-state index contributed by atoms with van der Waals surface area (Å²) in [7, 11) is 0. The fourth-order valence-corrected chi connectivity index (χ4v) is 3.39. The van der Waals surface area contributed by atoms with Crippen LogP contribution < -0.4 is 0 Å². The number of thiocarbonyl (C=S) groups is 1. The van der Waals surface area contributed by atoms with Gasteiger partial charge in [-0.1, -0.05) is 79.9 Å². The molecule has 3 rings (SSSR count). The van der Waals surface area contributed by atoms with Gasteiger partial charge in [-0.25, -0.2) is 0 Å². The maximum atomic E-state index is 6.34. The summed E-state index contributed by atoms with van der Waals surface area (Å²) in [5.41, 5.74) is 6.10. The van der Waals surface area contributed by atoms with E-state index in [4.69, 9.17) is 11.6 Å². The van der Waals surface area contributed by atoms with Gasteiger partial charge in [-0.05, 0) is 47.8 Å². The summed E-state index contributed by atoms with van der Waals surface area (Å²) in [5, 5.41) is 2.87. The molecule has 0 aliphatic carbocycles. The van der Waals surface area contributed by atoms with Crippen LogP contribution in [0.5, 0.6) is 0 Å². The monoisotopic (exact) mass is 392 g/mol. The number of halogens is 1. The number of rotatable bonds is 7. The first-order valence-electron chi connectivity index (χ1n) is 9.14. The van der Waals surface area contributed by atoms with Crippen molar-refractivity contribution in [3.8, 4) is 22.4 Å². The van der Waals surface area contributed by atoms with Gasteiger partial charge in [-0.15, -0.1) is 0 Å². The van der Waals surface area contributed by atoms with E-state index in [1.54, 1.807) is 12.3 Å². The molecule has 3 aromatic rings. The van der Waals surface area contributed by atoms with Gasteiger partial charge in [0.25, 0.3) is 0 Å². The lowest BCUT2D eigenvalue weighted by atomic mass is 10.00. The number of benzene rings is 2. The van der Waals surface area contributed by atoms with Crippen molar-refractivity contribution < 1.29 is 0 Å². The second kappa shape index (κ2) is 9.57. The second-order valence-corrected chi connectivity index (χ2v) is 7.05. The molecule has 0 atom stereocenters. The fraction of sp³-hybridized carbons (Fsp3) is 0.217. The number of nitrogens with zero attached hydrogens (tertiary/aromatic N) is 2. The van der Waals surface area contributed by atoms with E-state index in [0.717, 1.165) is 17.7 Å². The molecular weight excluding hydrogens is 372 g/mol. The quantitative estimate of drug-likeness (QED) is 0.236. The van der Waals surface area contributed by atoms with Crippen molar-refractivity contribution in [1.82, 2.24) is 4.98 Å². The molecule has 0 unspecified atom stereocenters. The zero-order chi connectivity index (χ0) is 19.1. The van der Waals surface area contributed by atoms with Gasteiger partial charge in [-0.2, -0.15) is 4.99 Å². The molecule has 0 amide bonds. The number of unbranched alkanes of at least 4 members (excludes halogenated alkanes) is 2. The number of aromatic nitrogens is 1. The van der Waals surface area contributed by atoms with Crippen LogP contribution in [-0.2, 0) is 6.42 Å². The van der Waals surface area contributed by atoms with Gasteiger partial charge in [-0.3, -0.25) is 4.98 Å². The lowest BCUT2D eigenvalue weighted by Gasteiger charge is -2.07. The molecule has 2 nitrogen and oxygen atoms in total. The van der Waals surface area contributed by atoms with E-state index >= 15 is 0 Å². The molecule has 136 valence electrons. The highest BCUT2D eigenvalue weighted by molar-refractivity contribution is 7.78. The Hall–Kier alpha value is -2.32. The highest BCUT2D eigenvalue weighted by atomic mass is 35.5. The van der Waals surface area contributed by atoms with Crippen molar-refractivity contribution in [2.75, 3.05) is 0 Å². The van der Waals surface area contributed by atoms with E-state index in [0.29, 0.717) is 10.7 Å². The molecular formula is C23H21ClN2S. The summed E-state index contributed by atoms with van der Waals surface area (Å²) >= 11 is 11.0. The van der Waals surface area contributed by atoms with Crippen LogP contribution in [0.25, 0.3) is 22.4 Å². The third kappa shape index (κ3) is 5.11. The lowest BCUT2D eigenvalue weighted by molar-refractivity contribution is 0.717. The standard InChI is InChI=1S/C23H21ClN2S/c1-2-3-4-5-17-6-8-18(9-7-17)19-10-12-20(13-11-19)23-22(24)14-21(15-25-23)26-16-27/h6-15H,2-5H2,1H3. The number of aryl methyl sites for hydroxylation is 1. The Morgan fingerprint density at radius 2 is 1.59 bits per heavy atom. The van der Waals surface area contributed by atoms with Crippen LogP contribution >= 0.6 is 23.8 Å². The Labute approximate surface area is 171 Å². The van der Waals surface area contributed by atoms with E-state index in [-0.39, 0.29) is 0 Å². The maximum absolute atomic E-state index is 6.34. The largest absolute Gasteiger partial charge is 0.252 e. The average molecular weight is 393 g/mol. The van der Waals surface area contributed by atoms with Crippen LogP contribution in [0.15, 0.2) is 65.8 Å². The molecule has 4 heteroatoms. The van der Waals surface area contributed by atoms with Crippen LogP contribution in [0.2, 0.25) is 5.02 Å². The third-order valence-corrected chi connectivity index (χ3v) is 4.90. The Balaban J connectivity index is 1.76. The molecule has 2 aromatic carbocycles. The molecule has 0 radical (unpaired) electrons. The van der Waals surface area contributed by atoms with Gasteiger partial charge in [0.05, 0.1) is 27.8 Å². The van der Waals surface area contributed by atoms with E-state index in [9.17, 15) is 0 Å². The molecule has 0 aliphatic rings. The van der Waals surface area contributed by atoms with Crippen molar-refractivity contribution in [1.29, 1.82) is 0 Å². The topological polar surface area (TPSA) is 25.2 Å². The van der Waals surface area contributed by atoms with Crippen LogP contribution in [-0.4, -0.2) is 10.1 Å². The Morgan fingerprint density at radius 1 is 0.963 bits per heavy atom. The van der Waals surface area contributed by atoms with E-state index < -0.39 is 0 Å². The number of pyridine rings is 1. The summed E-state index contributed by atoms with van der Waals surface area (Å²) in [6.45, 7) is 2.23. The van der Waals surface area contributed by atoms with E-state index in [2.05, 4.69) is 70.7 Å². The summed E-state index contributed by atoms with van der Waals surface area (Å²) in [5.74, 6) is 0. The highest BCUT2D eigenvalue weighted by Gasteiger charge is 2.07. The van der Waals surface area contributed by atoms with Crippen molar-refractivity contribution >= 4 is 34.7 Å². The number of hydrogen-bond donors (Lipinski definition) is 0. The highest BCUT2D eigenvalue weighted by Crippen LogP contribution is 2.30. The van der Waals surface area contributed by atoms with Gasteiger partial charge >= 0.3 is 0 Å². The van der Waals surface area contributed by atoms with Gasteiger partial charge in [0.15, 0.2) is 0 Å². The summed E-state index contributed by atoms with van der Waals surface area (Å²) in [4.78, 5) is 8.31. The molecule has 0 aliphatic heterocycles. The average Bonchev–Trinajstić information content (AvgIpc) is 2.69. The van der Waals surface area contributed by atoms with E-state index in [1.165, 1.54) is 36.0 Å². The predicted molar refractivity (Wildman–Crippen MR) is 118 cm³/mol. The first-order chi connectivity index (χ1) is 13.2. The SMILES string of the molecule is CCCCCc1ccc(-c2ccc(-c3ncc(N=C=S)cc3Cl)cc2)cc1. The van der Waals surface area contributed by atoms with Crippen LogP contribution in [0.4, 0.5) is 5.69 Å². The van der Waals surface area contributed by atoms with Gasteiger partial charge in [0.2, 0.25) is 0 Å². The second-order valence-electron chi connectivity index (χ2n) is 6.46. The normalized spacial score (nSPS) is 10.4. The molecule has 1 aromatic heterocycles. The van der Waals surface area contributed by atoms with Crippen LogP contribution in [0, 0.1) is 0 Å². The Kier molecular flexibility index (Phi) is 6.89. The van der Waals surface area contributed by atoms with Crippen molar-refractivity contribution in [2.24, 2.45) is 4.99 Å². The van der Waals surface area contributed by atoms with Gasteiger partial charge in [0, 0.05) is 5.56 Å². The van der Waals surface area contributed by atoms with Crippen molar-refractivity contribution in [3.63, 3.8) is 0 Å². The molecule has 0 saturated carbocycles.